The number of urea groups is 1. The van der Waals surface area contributed by atoms with E-state index in [4.69, 9.17) is 4.74 Å². The molecular formula is C36H34FN3O4S. The highest BCUT2D eigenvalue weighted by molar-refractivity contribution is 7.17. The summed E-state index contributed by atoms with van der Waals surface area (Å²) in [5.41, 5.74) is 5.24. The number of halogens is 1. The number of amides is 3. The molecule has 45 heavy (non-hydrogen) atoms. The Kier molecular flexibility index (Phi) is 7.75. The molecule has 3 amide bonds. The van der Waals surface area contributed by atoms with E-state index in [9.17, 15) is 18.8 Å². The largest absolute Gasteiger partial charge is 0.381 e. The van der Waals surface area contributed by atoms with Crippen LogP contribution < -0.4 is 10.2 Å². The maximum Gasteiger partial charge on any atom is 0.321 e. The number of thiophene rings is 1. The Balaban J connectivity index is 1.05. The van der Waals surface area contributed by atoms with Gasteiger partial charge in [-0.15, -0.1) is 11.3 Å². The highest BCUT2D eigenvalue weighted by atomic mass is 32.1. The molecule has 1 N–H and O–H groups in total. The van der Waals surface area contributed by atoms with E-state index >= 15 is 0 Å². The second kappa shape index (κ2) is 11.9. The molecule has 2 fully saturated rings. The zero-order valence-corrected chi connectivity index (χ0v) is 25.9. The molecule has 4 aromatic rings. The van der Waals surface area contributed by atoms with E-state index in [1.807, 2.05) is 48.2 Å². The summed E-state index contributed by atoms with van der Waals surface area (Å²) in [6.07, 6.45) is 2.58. The Morgan fingerprint density at radius 1 is 0.978 bits per heavy atom. The van der Waals surface area contributed by atoms with Gasteiger partial charge in [-0.3, -0.25) is 9.59 Å². The summed E-state index contributed by atoms with van der Waals surface area (Å²) in [6.45, 7) is 5.28. The average Bonchev–Trinajstić information content (AvgIpc) is 3.40. The Hall–Kier alpha value is -4.34. The number of anilines is 2. The van der Waals surface area contributed by atoms with Gasteiger partial charge in [0.2, 0.25) is 0 Å². The molecule has 7 rings (SSSR count). The first-order valence-electron chi connectivity index (χ1n) is 15.4. The minimum absolute atomic E-state index is 0.00877. The number of ketones is 1. The predicted octanol–water partition coefficient (Wildman–Crippen LogP) is 7.14. The number of para-hydroxylation sites is 1. The minimum atomic E-state index is -0.365. The van der Waals surface area contributed by atoms with Gasteiger partial charge in [0.25, 0.3) is 5.91 Å². The fourth-order valence-electron chi connectivity index (χ4n) is 6.66. The molecule has 0 saturated carbocycles. The van der Waals surface area contributed by atoms with Crippen molar-refractivity contribution in [3.8, 4) is 10.4 Å². The van der Waals surface area contributed by atoms with E-state index in [0.29, 0.717) is 34.7 Å². The first-order chi connectivity index (χ1) is 21.8. The van der Waals surface area contributed by atoms with Crippen LogP contribution in [-0.4, -0.2) is 55.5 Å². The lowest BCUT2D eigenvalue weighted by molar-refractivity contribution is -0.0596. The molecule has 4 heterocycles. The normalized spacial score (nSPS) is 16.8. The number of benzene rings is 3. The molecule has 0 aliphatic carbocycles. The summed E-state index contributed by atoms with van der Waals surface area (Å²) in [4.78, 5) is 45.1. The molecule has 0 unspecified atom stereocenters. The topological polar surface area (TPSA) is 79.0 Å². The lowest BCUT2D eigenvalue weighted by Crippen LogP contribution is -2.61. The lowest BCUT2D eigenvalue weighted by Gasteiger charge is -2.51. The minimum Gasteiger partial charge on any atom is -0.381 e. The molecule has 1 spiro atoms. The fraction of sp³-hybridized carbons (Fsp3) is 0.306. The number of rotatable bonds is 5. The third kappa shape index (κ3) is 5.66. The van der Waals surface area contributed by atoms with Gasteiger partial charge < -0.3 is 19.9 Å². The molecular weight excluding hydrogens is 589 g/mol. The van der Waals surface area contributed by atoms with Crippen molar-refractivity contribution < 1.29 is 23.5 Å². The maximum absolute atomic E-state index is 14.4. The molecule has 0 bridgehead atoms. The summed E-state index contributed by atoms with van der Waals surface area (Å²) in [7, 11) is 0. The molecule has 3 aliphatic rings. The molecule has 0 radical (unpaired) electrons. The Morgan fingerprint density at radius 2 is 1.73 bits per heavy atom. The number of carbonyl (C=O) groups is 3. The first-order valence-corrected chi connectivity index (χ1v) is 16.2. The number of aryl methyl sites for hydroxylation is 1. The molecule has 230 valence electrons. The van der Waals surface area contributed by atoms with Crippen molar-refractivity contribution in [2.45, 2.75) is 32.6 Å². The van der Waals surface area contributed by atoms with Crippen LogP contribution in [-0.2, 0) is 17.6 Å². The van der Waals surface area contributed by atoms with Crippen LogP contribution >= 0.6 is 11.3 Å². The lowest BCUT2D eigenvalue weighted by atomic mass is 9.73. The van der Waals surface area contributed by atoms with E-state index in [2.05, 4.69) is 5.32 Å². The van der Waals surface area contributed by atoms with Crippen LogP contribution in [0.5, 0.6) is 0 Å². The predicted molar refractivity (Wildman–Crippen MR) is 174 cm³/mol. The van der Waals surface area contributed by atoms with Gasteiger partial charge in [-0.2, -0.15) is 0 Å². The summed E-state index contributed by atoms with van der Waals surface area (Å²) >= 11 is 1.40. The van der Waals surface area contributed by atoms with Crippen molar-refractivity contribution in [1.82, 2.24) is 4.90 Å². The first kappa shape index (κ1) is 29.4. The summed E-state index contributed by atoms with van der Waals surface area (Å²) in [6, 6.07) is 21.4. The third-order valence-electron chi connectivity index (χ3n) is 9.34. The molecule has 9 heteroatoms. The summed E-state index contributed by atoms with van der Waals surface area (Å²) in [5.74, 6) is -0.613. The average molecular weight is 624 g/mol. The van der Waals surface area contributed by atoms with Crippen LogP contribution in [0.25, 0.3) is 10.4 Å². The van der Waals surface area contributed by atoms with Gasteiger partial charge >= 0.3 is 6.03 Å². The van der Waals surface area contributed by atoms with Gasteiger partial charge in [0.05, 0.1) is 10.6 Å². The smallest absolute Gasteiger partial charge is 0.321 e. The number of carbonyl (C=O) groups excluding carboxylic acids is 3. The quantitative estimate of drug-likeness (QED) is 0.240. The number of nitrogens with one attached hydrogen (secondary N) is 1. The van der Waals surface area contributed by atoms with Gasteiger partial charge in [0, 0.05) is 66.4 Å². The van der Waals surface area contributed by atoms with Crippen molar-refractivity contribution in [1.29, 1.82) is 0 Å². The molecule has 0 atom stereocenters. The molecule has 3 aliphatic heterocycles. The highest BCUT2D eigenvalue weighted by Crippen LogP contribution is 2.43. The van der Waals surface area contributed by atoms with Crippen molar-refractivity contribution >= 4 is 40.4 Å². The molecule has 7 nitrogen and oxygen atoms in total. The van der Waals surface area contributed by atoms with Gasteiger partial charge in [0.15, 0.2) is 5.78 Å². The van der Waals surface area contributed by atoms with E-state index in [0.717, 1.165) is 66.4 Å². The Bertz CT molecular complexity index is 1770. The number of hydrogen-bond donors (Lipinski definition) is 1. The second-order valence-corrected chi connectivity index (χ2v) is 13.4. The van der Waals surface area contributed by atoms with Gasteiger partial charge in [-0.1, -0.05) is 30.3 Å². The number of likely N-dealkylation sites (tertiary alicyclic amines) is 1. The van der Waals surface area contributed by atoms with Gasteiger partial charge in [0.1, 0.15) is 5.82 Å². The summed E-state index contributed by atoms with van der Waals surface area (Å²) < 4.78 is 19.9. The zero-order chi connectivity index (χ0) is 31.1. The van der Waals surface area contributed by atoms with E-state index in [1.165, 1.54) is 17.4 Å². The van der Waals surface area contributed by atoms with Crippen molar-refractivity contribution in [3.63, 3.8) is 0 Å². The van der Waals surface area contributed by atoms with Crippen LogP contribution in [0.4, 0.5) is 20.6 Å². The molecule has 2 saturated heterocycles. The van der Waals surface area contributed by atoms with Crippen molar-refractivity contribution in [2.75, 3.05) is 43.1 Å². The Morgan fingerprint density at radius 3 is 2.49 bits per heavy atom. The number of fused-ring (bicyclic) bond motifs is 3. The number of nitrogens with zero attached hydrogens (tertiary/aromatic N) is 2. The van der Waals surface area contributed by atoms with Crippen molar-refractivity contribution in [3.05, 3.63) is 106 Å². The van der Waals surface area contributed by atoms with Crippen LogP contribution in [0.15, 0.2) is 72.8 Å². The van der Waals surface area contributed by atoms with E-state index in [1.54, 1.807) is 35.2 Å². The van der Waals surface area contributed by atoms with Crippen LogP contribution in [0.3, 0.4) is 0 Å². The monoisotopic (exact) mass is 623 g/mol. The standard InChI is InChI=1S/C36H34FN3O4S/c1-23-5-4-7-29(37)28(23)20-31(41)32-19-25-13-16-40(30-8-3-2-6-27(30)33(25)45-32)34(42)24-9-11-26(12-10-24)38-35(43)39-21-36(22-39)14-17-44-18-15-36/h2-12,19H,13-18,20-22H2,1H3,(H,38,43). The second-order valence-electron chi connectivity index (χ2n) is 12.3. The highest BCUT2D eigenvalue weighted by Gasteiger charge is 2.45. The van der Waals surface area contributed by atoms with Crippen molar-refractivity contribution in [2.24, 2.45) is 5.41 Å². The fourth-order valence-corrected chi connectivity index (χ4v) is 7.85. The Labute approximate surface area is 265 Å². The summed E-state index contributed by atoms with van der Waals surface area (Å²) in [5, 5.41) is 2.97. The van der Waals surface area contributed by atoms with E-state index in [-0.39, 0.29) is 35.4 Å². The van der Waals surface area contributed by atoms with Crippen LogP contribution in [0.1, 0.15) is 49.6 Å². The van der Waals surface area contributed by atoms with Crippen LogP contribution in [0.2, 0.25) is 0 Å². The molecule has 3 aromatic carbocycles. The SMILES string of the molecule is Cc1cccc(F)c1CC(=O)c1cc2c(s1)-c1ccccc1N(C(=O)c1ccc(NC(=O)N3CC4(CCOCC4)C3)cc1)CC2. The van der Waals surface area contributed by atoms with Gasteiger partial charge in [-0.25, -0.2) is 9.18 Å². The number of ether oxygens (including phenoxy) is 1. The maximum atomic E-state index is 14.4. The molecule has 1 aromatic heterocycles. The zero-order valence-electron chi connectivity index (χ0n) is 25.1. The van der Waals surface area contributed by atoms with E-state index < -0.39 is 0 Å². The number of Topliss-reactive ketones (excluding diaryl/α,β-unsaturated/α-hetero) is 1. The van der Waals surface area contributed by atoms with Crippen LogP contribution in [0, 0.1) is 18.2 Å². The third-order valence-corrected chi connectivity index (χ3v) is 10.6. The van der Waals surface area contributed by atoms with Gasteiger partial charge in [-0.05, 0) is 85.3 Å². The number of hydrogen-bond acceptors (Lipinski definition) is 5.